The molecule has 4 N–H and O–H groups in total. The first-order valence-electron chi connectivity index (χ1n) is 9.32. The zero-order valence-corrected chi connectivity index (χ0v) is 17.6. The van der Waals surface area contributed by atoms with E-state index in [1.165, 1.54) is 16.3 Å². The molecule has 1 heterocycles. The molecule has 1 amide bonds. The van der Waals surface area contributed by atoms with Gasteiger partial charge in [0.15, 0.2) is 0 Å². The van der Waals surface area contributed by atoms with Gasteiger partial charge in [-0.05, 0) is 48.8 Å². The van der Waals surface area contributed by atoms with Crippen LogP contribution in [0.5, 0.6) is 0 Å². The molecule has 7 heteroatoms. The number of nitrogens with one attached hydrogen (secondary N) is 1. The molecule has 0 unspecified atom stereocenters. The van der Waals surface area contributed by atoms with Gasteiger partial charge in [0.05, 0.1) is 5.56 Å². The van der Waals surface area contributed by atoms with Crippen LogP contribution in [0, 0.1) is 12.3 Å². The van der Waals surface area contributed by atoms with Gasteiger partial charge in [-0.3, -0.25) is 10.6 Å². The summed E-state index contributed by atoms with van der Waals surface area (Å²) in [4.78, 5) is 26.1. The van der Waals surface area contributed by atoms with E-state index in [1.54, 1.807) is 7.05 Å². The monoisotopic (exact) mass is 401 g/mol. The van der Waals surface area contributed by atoms with Crippen LogP contribution < -0.4 is 11.2 Å². The number of anilines is 1. The third kappa shape index (κ3) is 4.27. The third-order valence-electron chi connectivity index (χ3n) is 5.15. The molecule has 0 bridgehead atoms. The highest BCUT2D eigenvalue weighted by molar-refractivity contribution is 7.17. The van der Waals surface area contributed by atoms with Gasteiger partial charge in [-0.25, -0.2) is 9.80 Å². The lowest BCUT2D eigenvalue weighted by Gasteiger charge is -2.29. The van der Waals surface area contributed by atoms with Crippen molar-refractivity contribution in [2.45, 2.75) is 46.6 Å². The van der Waals surface area contributed by atoms with Gasteiger partial charge in [-0.15, -0.1) is 11.3 Å². The summed E-state index contributed by atoms with van der Waals surface area (Å²) in [6.07, 6.45) is 2.57. The Hall–Kier alpha value is -2.22. The molecule has 1 aliphatic rings. The molecule has 150 valence electrons. The smallest absolute Gasteiger partial charge is 0.339 e. The van der Waals surface area contributed by atoms with E-state index in [0.717, 1.165) is 34.4 Å². The van der Waals surface area contributed by atoms with Crippen LogP contribution in [0.4, 0.5) is 5.00 Å². The lowest BCUT2D eigenvalue weighted by molar-refractivity contribution is 0.0696. The van der Waals surface area contributed by atoms with Gasteiger partial charge in [0.1, 0.15) is 5.00 Å². The summed E-state index contributed by atoms with van der Waals surface area (Å²) in [5.41, 5.74) is 3.45. The first-order chi connectivity index (χ1) is 13.1. The van der Waals surface area contributed by atoms with Gasteiger partial charge in [0.2, 0.25) is 0 Å². The molecule has 3 rings (SSSR count). The van der Waals surface area contributed by atoms with Crippen LogP contribution in [0.1, 0.15) is 62.6 Å². The lowest BCUT2D eigenvalue weighted by Crippen LogP contribution is -2.27. The van der Waals surface area contributed by atoms with Crippen LogP contribution in [0.15, 0.2) is 18.2 Å². The molecule has 6 nitrogen and oxygen atoms in total. The average molecular weight is 402 g/mol. The number of carboxylic acid groups (broad SMARTS) is 1. The Morgan fingerprint density at radius 1 is 1.36 bits per heavy atom. The Morgan fingerprint density at radius 2 is 2.07 bits per heavy atom. The topological polar surface area (TPSA) is 95.7 Å². The van der Waals surface area contributed by atoms with Gasteiger partial charge >= 0.3 is 5.97 Å². The summed E-state index contributed by atoms with van der Waals surface area (Å²) in [7, 11) is 1.74. The molecule has 0 saturated heterocycles. The maximum absolute atomic E-state index is 13.0. The minimum atomic E-state index is -0.989. The normalized spacial score (nSPS) is 15.4. The van der Waals surface area contributed by atoms with Crippen molar-refractivity contribution in [2.75, 3.05) is 12.4 Å². The van der Waals surface area contributed by atoms with Crippen molar-refractivity contribution in [1.29, 1.82) is 0 Å². The number of nitrogens with zero attached hydrogens (tertiary/aromatic N) is 1. The van der Waals surface area contributed by atoms with E-state index in [2.05, 4.69) is 19.2 Å². The number of aromatic carboxylic acids is 1. The van der Waals surface area contributed by atoms with Crippen LogP contribution in [-0.4, -0.2) is 29.0 Å². The predicted octanol–water partition coefficient (Wildman–Crippen LogP) is 3.83. The Morgan fingerprint density at radius 3 is 2.71 bits per heavy atom. The average Bonchev–Trinajstić information content (AvgIpc) is 2.91. The van der Waals surface area contributed by atoms with Crippen molar-refractivity contribution in [3.63, 3.8) is 0 Å². The van der Waals surface area contributed by atoms with Crippen molar-refractivity contribution >= 4 is 28.2 Å². The van der Waals surface area contributed by atoms with Crippen LogP contribution >= 0.6 is 11.3 Å². The van der Waals surface area contributed by atoms with Crippen molar-refractivity contribution < 1.29 is 14.7 Å². The van der Waals surface area contributed by atoms with Gasteiger partial charge in [-0.1, -0.05) is 31.5 Å². The third-order valence-corrected chi connectivity index (χ3v) is 6.35. The van der Waals surface area contributed by atoms with Crippen LogP contribution in [0.2, 0.25) is 0 Å². The van der Waals surface area contributed by atoms with E-state index in [9.17, 15) is 14.7 Å². The predicted molar refractivity (Wildman–Crippen MR) is 112 cm³/mol. The van der Waals surface area contributed by atoms with Crippen LogP contribution in [0.3, 0.4) is 0 Å². The quantitative estimate of drug-likeness (QED) is 0.523. The molecule has 2 aromatic rings. The van der Waals surface area contributed by atoms with E-state index >= 15 is 0 Å². The van der Waals surface area contributed by atoms with Crippen molar-refractivity contribution in [3.05, 3.63) is 50.9 Å². The Labute approximate surface area is 169 Å². The second-order valence-corrected chi connectivity index (χ2v) is 9.49. The van der Waals surface area contributed by atoms with Gasteiger partial charge < -0.3 is 10.4 Å². The second kappa shape index (κ2) is 7.66. The maximum atomic E-state index is 13.0. The number of carbonyl (C=O) groups is 2. The largest absolute Gasteiger partial charge is 0.478 e. The molecule has 0 spiro atoms. The zero-order chi connectivity index (χ0) is 20.6. The number of thiophene rings is 1. The van der Waals surface area contributed by atoms with Gasteiger partial charge in [0, 0.05) is 24.0 Å². The molecule has 1 aliphatic carbocycles. The number of rotatable bonds is 5. The number of aryl methyl sites for hydroxylation is 2. The number of carbonyl (C=O) groups excluding carboxylic acids is 1. The fourth-order valence-electron chi connectivity index (χ4n) is 3.71. The number of hydrogen-bond acceptors (Lipinski definition) is 5. The SMILES string of the molecule is Cc1ccc(CN(C)N)c(C(=O)Nc2sc3c(c2C(=O)O)CC(C)(C)CC3)c1. The lowest BCUT2D eigenvalue weighted by atomic mass is 9.76. The number of nitrogens with two attached hydrogens (primary N) is 1. The van der Waals surface area contributed by atoms with Crippen LogP contribution in [-0.2, 0) is 19.4 Å². The summed E-state index contributed by atoms with van der Waals surface area (Å²) in [5.74, 6) is 4.47. The maximum Gasteiger partial charge on any atom is 0.339 e. The summed E-state index contributed by atoms with van der Waals surface area (Å²) >= 11 is 1.39. The highest BCUT2D eigenvalue weighted by Crippen LogP contribution is 2.43. The van der Waals surface area contributed by atoms with Crippen molar-refractivity contribution in [3.8, 4) is 0 Å². The first-order valence-corrected chi connectivity index (χ1v) is 10.1. The van der Waals surface area contributed by atoms with E-state index in [-0.39, 0.29) is 16.9 Å². The molecule has 1 aromatic heterocycles. The summed E-state index contributed by atoms with van der Waals surface area (Å²) in [6.45, 7) is 6.64. The number of carboxylic acids is 1. The number of benzene rings is 1. The molecular formula is C21H27N3O3S. The molecule has 1 aromatic carbocycles. The highest BCUT2D eigenvalue weighted by atomic mass is 32.1. The van der Waals surface area contributed by atoms with Crippen molar-refractivity contribution in [2.24, 2.45) is 11.3 Å². The number of amides is 1. The molecule has 0 fully saturated rings. The summed E-state index contributed by atoms with van der Waals surface area (Å²) in [5, 5.41) is 14.6. The van der Waals surface area contributed by atoms with Crippen molar-refractivity contribution in [1.82, 2.24) is 5.01 Å². The number of hydrazine groups is 1. The van der Waals surface area contributed by atoms with E-state index in [1.807, 2.05) is 25.1 Å². The first kappa shape index (κ1) is 20.5. The Balaban J connectivity index is 1.97. The van der Waals surface area contributed by atoms with E-state index in [0.29, 0.717) is 23.5 Å². The van der Waals surface area contributed by atoms with E-state index in [4.69, 9.17) is 5.84 Å². The summed E-state index contributed by atoms with van der Waals surface area (Å²) in [6, 6.07) is 5.63. The second-order valence-electron chi connectivity index (χ2n) is 8.38. The molecule has 0 aliphatic heterocycles. The van der Waals surface area contributed by atoms with E-state index < -0.39 is 5.97 Å². The molecule has 0 radical (unpaired) electrons. The zero-order valence-electron chi connectivity index (χ0n) is 16.8. The van der Waals surface area contributed by atoms with Crippen LogP contribution in [0.25, 0.3) is 0 Å². The Bertz CT molecular complexity index is 931. The fraction of sp³-hybridized carbons (Fsp3) is 0.429. The number of fused-ring (bicyclic) bond motifs is 1. The molecular weight excluding hydrogens is 374 g/mol. The standard InChI is InChI=1S/C21H27N3O3S/c1-12-5-6-13(11-24(4)22)14(9-12)18(25)23-19-17(20(26)27)15-10-21(2,3)8-7-16(15)28-19/h5-6,9H,7-8,10-11,22H2,1-4H3,(H,23,25)(H,26,27). The fourth-order valence-corrected chi connectivity index (χ4v) is 4.92. The van der Waals surface area contributed by atoms with Gasteiger partial charge in [0.25, 0.3) is 5.91 Å². The summed E-state index contributed by atoms with van der Waals surface area (Å²) < 4.78 is 0. The minimum Gasteiger partial charge on any atom is -0.478 e. The minimum absolute atomic E-state index is 0.0645. The highest BCUT2D eigenvalue weighted by Gasteiger charge is 2.33. The van der Waals surface area contributed by atoms with Gasteiger partial charge in [-0.2, -0.15) is 0 Å². The number of hydrogen-bond donors (Lipinski definition) is 3. The molecule has 0 saturated carbocycles. The Kier molecular flexibility index (Phi) is 5.61. The molecule has 0 atom stereocenters. The molecule has 28 heavy (non-hydrogen) atoms.